The van der Waals surface area contributed by atoms with Gasteiger partial charge in [-0.05, 0) is 24.5 Å². The van der Waals surface area contributed by atoms with E-state index in [0.29, 0.717) is 5.76 Å². The van der Waals surface area contributed by atoms with Gasteiger partial charge in [0, 0.05) is 0 Å². The standard InChI is InChI=1S/C12H20O2/c1-10(2)6-3-4-7-11(13)12-8-5-9-14-12/h5,8-11,13H,3-4,6-7H2,1-2H3. The van der Waals surface area contributed by atoms with Gasteiger partial charge in [0.15, 0.2) is 0 Å². The molecular formula is C12H20O2. The SMILES string of the molecule is CC(C)CCCCC(O)c1ccco1. The third-order valence-electron chi connectivity index (χ3n) is 2.38. The number of unbranched alkanes of at least 4 members (excludes halogenated alkanes) is 1. The van der Waals surface area contributed by atoms with Gasteiger partial charge in [-0.15, -0.1) is 0 Å². The molecule has 0 spiro atoms. The zero-order chi connectivity index (χ0) is 10.4. The minimum Gasteiger partial charge on any atom is -0.467 e. The van der Waals surface area contributed by atoms with Crippen LogP contribution in [0.2, 0.25) is 0 Å². The quantitative estimate of drug-likeness (QED) is 0.706. The molecule has 14 heavy (non-hydrogen) atoms. The van der Waals surface area contributed by atoms with Gasteiger partial charge in [-0.25, -0.2) is 0 Å². The first-order chi connectivity index (χ1) is 6.70. The lowest BCUT2D eigenvalue weighted by Crippen LogP contribution is -1.96. The van der Waals surface area contributed by atoms with Crippen molar-refractivity contribution in [1.29, 1.82) is 0 Å². The number of hydrogen-bond acceptors (Lipinski definition) is 2. The van der Waals surface area contributed by atoms with Crippen molar-refractivity contribution in [2.75, 3.05) is 0 Å². The van der Waals surface area contributed by atoms with Crippen molar-refractivity contribution in [3.63, 3.8) is 0 Å². The minimum atomic E-state index is -0.419. The largest absolute Gasteiger partial charge is 0.467 e. The first-order valence-electron chi connectivity index (χ1n) is 5.41. The zero-order valence-electron chi connectivity index (χ0n) is 9.07. The highest BCUT2D eigenvalue weighted by molar-refractivity contribution is 5.01. The van der Waals surface area contributed by atoms with Crippen LogP contribution in [0.1, 0.15) is 51.4 Å². The number of aliphatic hydroxyl groups excluding tert-OH is 1. The molecule has 0 aliphatic heterocycles. The lowest BCUT2D eigenvalue weighted by atomic mass is 10.0. The predicted molar refractivity (Wildman–Crippen MR) is 57.0 cm³/mol. The molecule has 2 nitrogen and oxygen atoms in total. The van der Waals surface area contributed by atoms with E-state index in [2.05, 4.69) is 13.8 Å². The summed E-state index contributed by atoms with van der Waals surface area (Å²) in [6.07, 6.45) is 5.49. The van der Waals surface area contributed by atoms with Gasteiger partial charge < -0.3 is 9.52 Å². The summed E-state index contributed by atoms with van der Waals surface area (Å²) in [7, 11) is 0. The number of aliphatic hydroxyl groups is 1. The summed E-state index contributed by atoms with van der Waals surface area (Å²) >= 11 is 0. The van der Waals surface area contributed by atoms with E-state index in [-0.39, 0.29) is 0 Å². The Morgan fingerprint density at radius 1 is 1.29 bits per heavy atom. The topological polar surface area (TPSA) is 33.4 Å². The summed E-state index contributed by atoms with van der Waals surface area (Å²) in [5.74, 6) is 1.45. The molecule has 0 bridgehead atoms. The van der Waals surface area contributed by atoms with Crippen LogP contribution in [0.4, 0.5) is 0 Å². The van der Waals surface area contributed by atoms with Crippen LogP contribution in [-0.2, 0) is 0 Å². The van der Waals surface area contributed by atoms with Gasteiger partial charge >= 0.3 is 0 Å². The Kier molecular flexibility index (Phi) is 4.74. The maximum absolute atomic E-state index is 9.68. The Hall–Kier alpha value is -0.760. The molecule has 1 aromatic heterocycles. The van der Waals surface area contributed by atoms with Gasteiger partial charge in [0.1, 0.15) is 11.9 Å². The molecule has 0 aliphatic carbocycles. The molecule has 0 saturated heterocycles. The van der Waals surface area contributed by atoms with E-state index in [9.17, 15) is 5.11 Å². The van der Waals surface area contributed by atoms with Crippen molar-refractivity contribution in [2.24, 2.45) is 5.92 Å². The van der Waals surface area contributed by atoms with E-state index in [1.165, 1.54) is 12.8 Å². The first kappa shape index (κ1) is 11.3. The van der Waals surface area contributed by atoms with E-state index in [1.54, 1.807) is 6.26 Å². The van der Waals surface area contributed by atoms with Gasteiger partial charge in [0.2, 0.25) is 0 Å². The normalized spacial score (nSPS) is 13.4. The Balaban J connectivity index is 2.13. The van der Waals surface area contributed by atoms with Gasteiger partial charge in [0.05, 0.1) is 6.26 Å². The highest BCUT2D eigenvalue weighted by atomic mass is 16.4. The molecule has 1 aromatic rings. The summed E-state index contributed by atoms with van der Waals surface area (Å²) in [5, 5.41) is 9.68. The Morgan fingerprint density at radius 3 is 2.57 bits per heavy atom. The molecule has 1 heterocycles. The first-order valence-corrected chi connectivity index (χ1v) is 5.41. The lowest BCUT2D eigenvalue weighted by Gasteiger charge is -2.08. The molecule has 0 saturated carbocycles. The van der Waals surface area contributed by atoms with Crippen molar-refractivity contribution in [1.82, 2.24) is 0 Å². The molecule has 0 amide bonds. The second-order valence-electron chi connectivity index (χ2n) is 4.21. The van der Waals surface area contributed by atoms with Crippen molar-refractivity contribution in [3.8, 4) is 0 Å². The molecule has 1 N–H and O–H groups in total. The Morgan fingerprint density at radius 2 is 2.00 bits per heavy atom. The maximum Gasteiger partial charge on any atom is 0.132 e. The van der Waals surface area contributed by atoms with Crippen LogP contribution in [0.5, 0.6) is 0 Å². The van der Waals surface area contributed by atoms with Crippen LogP contribution in [0.15, 0.2) is 22.8 Å². The van der Waals surface area contributed by atoms with Crippen LogP contribution < -0.4 is 0 Å². The molecule has 0 radical (unpaired) electrons. The van der Waals surface area contributed by atoms with Crippen molar-refractivity contribution in [2.45, 2.75) is 45.6 Å². The smallest absolute Gasteiger partial charge is 0.132 e. The summed E-state index contributed by atoms with van der Waals surface area (Å²) in [5.41, 5.74) is 0. The number of rotatable bonds is 6. The molecular weight excluding hydrogens is 176 g/mol. The molecule has 2 heteroatoms. The third-order valence-corrected chi connectivity index (χ3v) is 2.38. The molecule has 1 rings (SSSR count). The Bertz CT molecular complexity index is 226. The maximum atomic E-state index is 9.68. The van der Waals surface area contributed by atoms with Crippen LogP contribution in [-0.4, -0.2) is 5.11 Å². The molecule has 0 fully saturated rings. The fourth-order valence-electron chi connectivity index (χ4n) is 1.51. The van der Waals surface area contributed by atoms with Gasteiger partial charge in [-0.3, -0.25) is 0 Å². The van der Waals surface area contributed by atoms with Crippen molar-refractivity contribution < 1.29 is 9.52 Å². The van der Waals surface area contributed by atoms with Crippen LogP contribution in [0.25, 0.3) is 0 Å². The monoisotopic (exact) mass is 196 g/mol. The average molecular weight is 196 g/mol. The summed E-state index contributed by atoms with van der Waals surface area (Å²) in [6.45, 7) is 4.45. The predicted octanol–water partition coefficient (Wildman–Crippen LogP) is 3.53. The molecule has 1 atom stereocenters. The summed E-state index contributed by atoms with van der Waals surface area (Å²) < 4.78 is 5.12. The van der Waals surface area contributed by atoms with E-state index in [1.807, 2.05) is 12.1 Å². The van der Waals surface area contributed by atoms with Crippen LogP contribution in [0, 0.1) is 5.92 Å². The zero-order valence-corrected chi connectivity index (χ0v) is 9.07. The summed E-state index contributed by atoms with van der Waals surface area (Å²) in [4.78, 5) is 0. The molecule has 1 unspecified atom stereocenters. The fourth-order valence-corrected chi connectivity index (χ4v) is 1.51. The van der Waals surface area contributed by atoms with Gasteiger partial charge in [0.25, 0.3) is 0 Å². The second kappa shape index (κ2) is 5.86. The fraction of sp³-hybridized carbons (Fsp3) is 0.667. The van der Waals surface area contributed by atoms with E-state index >= 15 is 0 Å². The van der Waals surface area contributed by atoms with E-state index < -0.39 is 6.10 Å². The van der Waals surface area contributed by atoms with E-state index in [0.717, 1.165) is 18.8 Å². The lowest BCUT2D eigenvalue weighted by molar-refractivity contribution is 0.136. The Labute approximate surface area is 85.9 Å². The third kappa shape index (κ3) is 3.97. The van der Waals surface area contributed by atoms with Crippen molar-refractivity contribution >= 4 is 0 Å². The summed E-state index contributed by atoms with van der Waals surface area (Å²) in [6, 6.07) is 3.64. The molecule has 0 aliphatic rings. The minimum absolute atomic E-state index is 0.419. The number of hydrogen-bond donors (Lipinski definition) is 1. The van der Waals surface area contributed by atoms with Crippen molar-refractivity contribution in [3.05, 3.63) is 24.2 Å². The average Bonchev–Trinajstić information content (AvgIpc) is 2.64. The van der Waals surface area contributed by atoms with Crippen LogP contribution in [0.3, 0.4) is 0 Å². The van der Waals surface area contributed by atoms with Gasteiger partial charge in [-0.2, -0.15) is 0 Å². The highest BCUT2D eigenvalue weighted by Gasteiger charge is 2.09. The van der Waals surface area contributed by atoms with Gasteiger partial charge in [-0.1, -0.05) is 33.1 Å². The van der Waals surface area contributed by atoms with Crippen LogP contribution >= 0.6 is 0 Å². The molecule has 80 valence electrons. The second-order valence-corrected chi connectivity index (χ2v) is 4.21. The highest BCUT2D eigenvalue weighted by Crippen LogP contribution is 2.20. The number of furan rings is 1. The van der Waals surface area contributed by atoms with E-state index in [4.69, 9.17) is 4.42 Å². The molecule has 0 aromatic carbocycles.